The molecule has 0 bridgehead atoms. The minimum absolute atomic E-state index is 0.740. The van der Waals surface area contributed by atoms with E-state index in [-0.39, 0.29) is 0 Å². The minimum Gasteiger partial charge on any atom is -0.314 e. The lowest BCUT2D eigenvalue weighted by Crippen LogP contribution is -2.26. The van der Waals surface area contributed by atoms with Crippen LogP contribution >= 0.6 is 0 Å². The summed E-state index contributed by atoms with van der Waals surface area (Å²) >= 11 is 0. The number of rotatable bonds is 5. The van der Waals surface area contributed by atoms with Crippen LogP contribution in [0.3, 0.4) is 0 Å². The largest absolute Gasteiger partial charge is 0.314 e. The quantitative estimate of drug-likeness (QED) is 0.801. The first kappa shape index (κ1) is 12.6. The SMILES string of the molecule is c1ccc2cc(CNCCC3CCCN3)ccc2c1. The van der Waals surface area contributed by atoms with Crippen molar-refractivity contribution in [1.82, 2.24) is 10.6 Å². The molecule has 0 spiro atoms. The Morgan fingerprint density at radius 3 is 2.84 bits per heavy atom. The maximum Gasteiger partial charge on any atom is 0.0205 e. The molecule has 100 valence electrons. The summed E-state index contributed by atoms with van der Waals surface area (Å²) in [4.78, 5) is 0. The molecule has 3 rings (SSSR count). The highest BCUT2D eigenvalue weighted by Crippen LogP contribution is 2.15. The predicted octanol–water partition coefficient (Wildman–Crippen LogP) is 3.07. The van der Waals surface area contributed by atoms with Gasteiger partial charge in [-0.05, 0) is 54.8 Å². The Bertz CT molecular complexity index is 530. The van der Waals surface area contributed by atoms with Gasteiger partial charge in [0.2, 0.25) is 0 Å². The van der Waals surface area contributed by atoms with Crippen molar-refractivity contribution < 1.29 is 0 Å². The van der Waals surface area contributed by atoms with E-state index in [1.165, 1.54) is 42.1 Å². The topological polar surface area (TPSA) is 24.1 Å². The fourth-order valence-corrected chi connectivity index (χ4v) is 2.86. The standard InChI is InChI=1S/C17H22N2/c1-2-5-16-12-14(7-8-15(16)4-1)13-18-11-9-17-6-3-10-19-17/h1-2,4-5,7-8,12,17-19H,3,6,9-11,13H2. The van der Waals surface area contributed by atoms with Gasteiger partial charge in [0.1, 0.15) is 0 Å². The van der Waals surface area contributed by atoms with E-state index >= 15 is 0 Å². The maximum atomic E-state index is 3.55. The smallest absolute Gasteiger partial charge is 0.0205 e. The molecule has 0 amide bonds. The number of fused-ring (bicyclic) bond motifs is 1. The molecule has 2 nitrogen and oxygen atoms in total. The van der Waals surface area contributed by atoms with E-state index in [4.69, 9.17) is 0 Å². The predicted molar refractivity (Wildman–Crippen MR) is 81.3 cm³/mol. The van der Waals surface area contributed by atoms with Crippen LogP contribution in [0.4, 0.5) is 0 Å². The summed E-state index contributed by atoms with van der Waals surface area (Å²) in [7, 11) is 0. The Kier molecular flexibility index (Phi) is 4.11. The van der Waals surface area contributed by atoms with Gasteiger partial charge in [-0.2, -0.15) is 0 Å². The summed E-state index contributed by atoms with van der Waals surface area (Å²) in [6, 6.07) is 16.0. The Morgan fingerprint density at radius 1 is 1.11 bits per heavy atom. The van der Waals surface area contributed by atoms with Crippen LogP contribution in [0.25, 0.3) is 10.8 Å². The maximum absolute atomic E-state index is 3.55. The van der Waals surface area contributed by atoms with Crippen LogP contribution in [0, 0.1) is 0 Å². The highest BCUT2D eigenvalue weighted by atomic mass is 14.9. The fourth-order valence-electron chi connectivity index (χ4n) is 2.86. The van der Waals surface area contributed by atoms with Gasteiger partial charge < -0.3 is 10.6 Å². The van der Waals surface area contributed by atoms with E-state index in [0.29, 0.717) is 0 Å². The molecule has 2 aromatic carbocycles. The van der Waals surface area contributed by atoms with Crippen molar-refractivity contribution in [3.05, 3.63) is 48.0 Å². The zero-order valence-electron chi connectivity index (χ0n) is 11.4. The van der Waals surface area contributed by atoms with Crippen LogP contribution in [0.1, 0.15) is 24.8 Å². The monoisotopic (exact) mass is 254 g/mol. The number of nitrogens with one attached hydrogen (secondary N) is 2. The van der Waals surface area contributed by atoms with Gasteiger partial charge in [-0.3, -0.25) is 0 Å². The molecule has 1 aliphatic heterocycles. The molecule has 19 heavy (non-hydrogen) atoms. The lowest BCUT2D eigenvalue weighted by Gasteiger charge is -2.11. The van der Waals surface area contributed by atoms with E-state index in [1.807, 2.05) is 0 Å². The zero-order chi connectivity index (χ0) is 12.9. The molecule has 1 saturated heterocycles. The van der Waals surface area contributed by atoms with Gasteiger partial charge in [-0.15, -0.1) is 0 Å². The summed E-state index contributed by atoms with van der Waals surface area (Å²) in [5, 5.41) is 9.75. The van der Waals surface area contributed by atoms with E-state index in [0.717, 1.165) is 19.1 Å². The highest BCUT2D eigenvalue weighted by molar-refractivity contribution is 5.82. The molecule has 0 saturated carbocycles. The van der Waals surface area contributed by atoms with Crippen molar-refractivity contribution in [2.75, 3.05) is 13.1 Å². The van der Waals surface area contributed by atoms with Gasteiger partial charge in [-0.1, -0.05) is 36.4 Å². The molecule has 0 aromatic heterocycles. The number of hydrogen-bond acceptors (Lipinski definition) is 2. The highest BCUT2D eigenvalue weighted by Gasteiger charge is 2.12. The molecule has 0 aliphatic carbocycles. The zero-order valence-corrected chi connectivity index (χ0v) is 11.4. The Morgan fingerprint density at radius 2 is 2.00 bits per heavy atom. The van der Waals surface area contributed by atoms with Crippen molar-refractivity contribution in [2.24, 2.45) is 0 Å². The van der Waals surface area contributed by atoms with Crippen molar-refractivity contribution in [2.45, 2.75) is 31.8 Å². The van der Waals surface area contributed by atoms with E-state index < -0.39 is 0 Å². The van der Waals surface area contributed by atoms with Gasteiger partial charge in [0.05, 0.1) is 0 Å². The Balaban J connectivity index is 1.50. The summed E-state index contributed by atoms with van der Waals surface area (Å²) in [6.45, 7) is 3.28. The molecule has 1 unspecified atom stereocenters. The second-order valence-electron chi connectivity index (χ2n) is 5.44. The summed E-state index contributed by atoms with van der Waals surface area (Å²) < 4.78 is 0. The second kappa shape index (κ2) is 6.18. The van der Waals surface area contributed by atoms with Gasteiger partial charge in [0.25, 0.3) is 0 Å². The molecule has 1 heterocycles. The molecule has 2 heteroatoms. The summed E-state index contributed by atoms with van der Waals surface area (Å²) in [6.07, 6.45) is 3.93. The number of benzene rings is 2. The third kappa shape index (κ3) is 3.34. The average molecular weight is 254 g/mol. The molecule has 1 atom stereocenters. The summed E-state index contributed by atoms with van der Waals surface area (Å²) in [5.74, 6) is 0. The van der Waals surface area contributed by atoms with E-state index in [2.05, 4.69) is 53.1 Å². The molecule has 2 aromatic rings. The van der Waals surface area contributed by atoms with E-state index in [9.17, 15) is 0 Å². The first-order chi connectivity index (χ1) is 9.42. The molecule has 1 fully saturated rings. The van der Waals surface area contributed by atoms with Crippen molar-refractivity contribution in [3.63, 3.8) is 0 Å². The average Bonchev–Trinajstić information content (AvgIpc) is 2.97. The van der Waals surface area contributed by atoms with Gasteiger partial charge in [0.15, 0.2) is 0 Å². The Hall–Kier alpha value is -1.38. The second-order valence-corrected chi connectivity index (χ2v) is 5.44. The van der Waals surface area contributed by atoms with Gasteiger partial charge in [-0.25, -0.2) is 0 Å². The van der Waals surface area contributed by atoms with Gasteiger partial charge >= 0.3 is 0 Å². The van der Waals surface area contributed by atoms with Gasteiger partial charge in [0, 0.05) is 12.6 Å². The molecule has 2 N–H and O–H groups in total. The van der Waals surface area contributed by atoms with Crippen LogP contribution in [-0.2, 0) is 6.54 Å². The lowest BCUT2D eigenvalue weighted by atomic mass is 10.1. The normalized spacial score (nSPS) is 19.1. The van der Waals surface area contributed by atoms with Crippen molar-refractivity contribution in [1.29, 1.82) is 0 Å². The fraction of sp³-hybridized carbons (Fsp3) is 0.412. The van der Waals surface area contributed by atoms with Crippen molar-refractivity contribution >= 4 is 10.8 Å². The van der Waals surface area contributed by atoms with Crippen molar-refractivity contribution in [3.8, 4) is 0 Å². The number of hydrogen-bond donors (Lipinski definition) is 2. The molecular weight excluding hydrogens is 232 g/mol. The molecule has 1 aliphatic rings. The third-order valence-corrected chi connectivity index (χ3v) is 3.97. The van der Waals surface area contributed by atoms with Crippen LogP contribution in [0.5, 0.6) is 0 Å². The molecular formula is C17H22N2. The minimum atomic E-state index is 0.740. The van der Waals surface area contributed by atoms with E-state index in [1.54, 1.807) is 0 Å². The van der Waals surface area contributed by atoms with Crippen LogP contribution in [0.2, 0.25) is 0 Å². The summed E-state index contributed by atoms with van der Waals surface area (Å²) in [5.41, 5.74) is 1.37. The van der Waals surface area contributed by atoms with Crippen LogP contribution in [0.15, 0.2) is 42.5 Å². The van der Waals surface area contributed by atoms with Crippen LogP contribution in [-0.4, -0.2) is 19.1 Å². The Labute approximate surface area is 115 Å². The third-order valence-electron chi connectivity index (χ3n) is 3.97. The first-order valence-corrected chi connectivity index (χ1v) is 7.33. The van der Waals surface area contributed by atoms with Crippen LogP contribution < -0.4 is 10.6 Å². The lowest BCUT2D eigenvalue weighted by molar-refractivity contribution is 0.523. The molecule has 0 radical (unpaired) electrons. The first-order valence-electron chi connectivity index (χ1n) is 7.33.